The number of hydrogen-bond acceptors (Lipinski definition) is 3. The second-order valence-electron chi connectivity index (χ2n) is 4.64. The first-order valence-electron chi connectivity index (χ1n) is 6.69. The molecule has 4 heteroatoms. The molecule has 0 amide bonds. The Bertz CT molecular complexity index is 444. The van der Waals surface area contributed by atoms with Gasteiger partial charge in [-0.25, -0.2) is 9.78 Å². The molecule has 0 spiro atoms. The van der Waals surface area contributed by atoms with E-state index in [4.69, 9.17) is 5.11 Å². The van der Waals surface area contributed by atoms with E-state index >= 15 is 0 Å². The van der Waals surface area contributed by atoms with E-state index in [0.717, 1.165) is 37.0 Å². The van der Waals surface area contributed by atoms with E-state index in [-0.39, 0.29) is 0 Å². The molecular weight excluding hydrogens is 240 g/mol. The molecule has 1 aromatic heterocycles. The highest BCUT2D eigenvalue weighted by atomic mass is 16.4. The number of nitrogens with zero attached hydrogens (tertiary/aromatic N) is 2. The van der Waals surface area contributed by atoms with Crippen LogP contribution in [-0.2, 0) is 4.79 Å². The van der Waals surface area contributed by atoms with Crippen LogP contribution in [0.5, 0.6) is 0 Å². The van der Waals surface area contributed by atoms with Gasteiger partial charge in [0, 0.05) is 30.9 Å². The summed E-state index contributed by atoms with van der Waals surface area (Å²) in [5.41, 5.74) is 0.843. The minimum absolute atomic E-state index is 0.582. The number of aliphatic carboxylic acids is 1. The lowest BCUT2D eigenvalue weighted by Gasteiger charge is -2.26. The van der Waals surface area contributed by atoms with Gasteiger partial charge in [0.25, 0.3) is 0 Å². The van der Waals surface area contributed by atoms with Crippen LogP contribution < -0.4 is 4.90 Å². The Hall–Kier alpha value is -1.84. The Morgan fingerprint density at radius 2 is 2.26 bits per heavy atom. The summed E-state index contributed by atoms with van der Waals surface area (Å²) < 4.78 is 0. The van der Waals surface area contributed by atoms with Gasteiger partial charge in [-0.2, -0.15) is 0 Å². The highest BCUT2D eigenvalue weighted by Gasteiger charge is 2.12. The maximum absolute atomic E-state index is 10.6. The molecule has 1 rings (SSSR count). The predicted molar refractivity (Wildman–Crippen MR) is 78.2 cm³/mol. The van der Waals surface area contributed by atoms with Gasteiger partial charge in [0.2, 0.25) is 0 Å². The van der Waals surface area contributed by atoms with Gasteiger partial charge in [-0.3, -0.25) is 0 Å². The Morgan fingerprint density at radius 1 is 1.53 bits per heavy atom. The van der Waals surface area contributed by atoms with Crippen LogP contribution in [0.3, 0.4) is 0 Å². The van der Waals surface area contributed by atoms with Crippen molar-refractivity contribution in [3.63, 3.8) is 0 Å². The van der Waals surface area contributed by atoms with Crippen molar-refractivity contribution >= 4 is 17.9 Å². The van der Waals surface area contributed by atoms with E-state index < -0.39 is 5.97 Å². The van der Waals surface area contributed by atoms with Crippen LogP contribution in [0.2, 0.25) is 0 Å². The molecule has 1 aromatic rings. The van der Waals surface area contributed by atoms with Crippen molar-refractivity contribution in [2.45, 2.75) is 27.2 Å². The third kappa shape index (κ3) is 4.73. The highest BCUT2D eigenvalue weighted by molar-refractivity contribution is 5.86. The van der Waals surface area contributed by atoms with Crippen LogP contribution in [0.15, 0.2) is 24.4 Å². The fourth-order valence-corrected chi connectivity index (χ4v) is 1.84. The van der Waals surface area contributed by atoms with Crippen LogP contribution in [0.4, 0.5) is 5.82 Å². The second-order valence-corrected chi connectivity index (χ2v) is 4.64. The van der Waals surface area contributed by atoms with Gasteiger partial charge in [0.05, 0.1) is 0 Å². The summed E-state index contributed by atoms with van der Waals surface area (Å²) in [5.74, 6) is 0.487. The Morgan fingerprint density at radius 3 is 2.84 bits per heavy atom. The summed E-state index contributed by atoms with van der Waals surface area (Å²) in [7, 11) is 0. The van der Waals surface area contributed by atoms with Crippen molar-refractivity contribution in [3.05, 3.63) is 30.0 Å². The second kappa shape index (κ2) is 7.56. The maximum Gasteiger partial charge on any atom is 0.328 e. The van der Waals surface area contributed by atoms with Crippen LogP contribution >= 0.6 is 0 Å². The number of anilines is 1. The average Bonchev–Trinajstić information content (AvgIpc) is 2.42. The number of rotatable bonds is 7. The molecule has 19 heavy (non-hydrogen) atoms. The quantitative estimate of drug-likeness (QED) is 0.767. The normalized spacial score (nSPS) is 12.6. The van der Waals surface area contributed by atoms with Gasteiger partial charge in [-0.15, -0.1) is 0 Å². The molecule has 0 aliphatic heterocycles. The lowest BCUT2D eigenvalue weighted by Crippen LogP contribution is -2.29. The van der Waals surface area contributed by atoms with Gasteiger partial charge in [0.1, 0.15) is 5.82 Å². The van der Waals surface area contributed by atoms with Crippen molar-refractivity contribution in [2.24, 2.45) is 5.92 Å². The van der Waals surface area contributed by atoms with Crippen LogP contribution in [0.25, 0.3) is 6.08 Å². The fourth-order valence-electron chi connectivity index (χ4n) is 1.84. The number of carboxylic acid groups (broad SMARTS) is 1. The van der Waals surface area contributed by atoms with Crippen molar-refractivity contribution in [3.8, 4) is 0 Å². The first-order chi connectivity index (χ1) is 9.08. The first-order valence-corrected chi connectivity index (χ1v) is 6.69. The van der Waals surface area contributed by atoms with Gasteiger partial charge >= 0.3 is 5.97 Å². The number of carboxylic acids is 1. The van der Waals surface area contributed by atoms with Gasteiger partial charge in [-0.1, -0.05) is 20.3 Å². The van der Waals surface area contributed by atoms with E-state index in [1.807, 2.05) is 12.1 Å². The third-order valence-electron chi connectivity index (χ3n) is 3.13. The Balaban J connectivity index is 2.99. The van der Waals surface area contributed by atoms with Gasteiger partial charge in [0.15, 0.2) is 0 Å². The molecule has 0 bridgehead atoms. The molecule has 1 N–H and O–H groups in total. The van der Waals surface area contributed by atoms with E-state index in [1.54, 1.807) is 12.3 Å². The number of hydrogen-bond donors (Lipinski definition) is 1. The maximum atomic E-state index is 10.6. The summed E-state index contributed by atoms with van der Waals surface area (Å²) in [5, 5.41) is 8.72. The molecule has 0 radical (unpaired) electrons. The monoisotopic (exact) mass is 262 g/mol. The van der Waals surface area contributed by atoms with E-state index in [1.165, 1.54) is 0 Å². The molecular formula is C15H22N2O2. The van der Waals surface area contributed by atoms with Crippen molar-refractivity contribution < 1.29 is 9.90 Å². The van der Waals surface area contributed by atoms with Gasteiger partial charge < -0.3 is 10.0 Å². The lowest BCUT2D eigenvalue weighted by atomic mass is 10.1. The largest absolute Gasteiger partial charge is 0.478 e. The van der Waals surface area contributed by atoms with Crippen molar-refractivity contribution in [2.75, 3.05) is 18.0 Å². The summed E-state index contributed by atoms with van der Waals surface area (Å²) in [4.78, 5) is 17.2. The summed E-state index contributed by atoms with van der Waals surface area (Å²) in [6, 6.07) is 3.71. The molecule has 0 fully saturated rings. The zero-order valence-electron chi connectivity index (χ0n) is 11.8. The summed E-state index contributed by atoms with van der Waals surface area (Å²) >= 11 is 0. The smallest absolute Gasteiger partial charge is 0.328 e. The van der Waals surface area contributed by atoms with Crippen LogP contribution in [0, 0.1) is 5.92 Å². The Labute approximate surface area is 114 Å². The minimum Gasteiger partial charge on any atom is -0.478 e. The molecule has 0 aliphatic carbocycles. The predicted octanol–water partition coefficient (Wildman–Crippen LogP) is 3.05. The highest BCUT2D eigenvalue weighted by Crippen LogP contribution is 2.20. The lowest BCUT2D eigenvalue weighted by molar-refractivity contribution is -0.131. The Kier molecular flexibility index (Phi) is 6.06. The van der Waals surface area contributed by atoms with Crippen molar-refractivity contribution in [1.82, 2.24) is 4.98 Å². The zero-order valence-corrected chi connectivity index (χ0v) is 11.8. The van der Waals surface area contributed by atoms with E-state index in [9.17, 15) is 4.79 Å². The zero-order chi connectivity index (χ0) is 14.3. The molecule has 1 heterocycles. The number of pyridine rings is 1. The molecule has 0 aliphatic rings. The van der Waals surface area contributed by atoms with Crippen LogP contribution in [0.1, 0.15) is 32.8 Å². The summed E-state index contributed by atoms with van der Waals surface area (Å²) in [6.07, 6.45) is 5.61. The molecule has 0 saturated heterocycles. The molecule has 0 saturated carbocycles. The number of carbonyl (C=O) groups is 1. The summed E-state index contributed by atoms with van der Waals surface area (Å²) in [6.45, 7) is 8.25. The van der Waals surface area contributed by atoms with E-state index in [2.05, 4.69) is 30.7 Å². The third-order valence-corrected chi connectivity index (χ3v) is 3.13. The molecule has 1 unspecified atom stereocenters. The van der Waals surface area contributed by atoms with Gasteiger partial charge in [-0.05, 0) is 31.1 Å². The molecule has 104 valence electrons. The average molecular weight is 262 g/mol. The number of aromatic nitrogens is 1. The topological polar surface area (TPSA) is 53.4 Å². The minimum atomic E-state index is -0.945. The fraction of sp³-hybridized carbons (Fsp3) is 0.467. The molecule has 1 atom stereocenters. The molecule has 4 nitrogen and oxygen atoms in total. The van der Waals surface area contributed by atoms with E-state index in [0.29, 0.717) is 5.92 Å². The SMILES string of the molecule is CCC(C)CN(CC)c1ncccc1/C=C/C(=O)O. The molecule has 0 aromatic carbocycles. The van der Waals surface area contributed by atoms with Crippen molar-refractivity contribution in [1.29, 1.82) is 0 Å². The standard InChI is InChI=1S/C15H22N2O2/c1-4-12(3)11-17(5-2)15-13(7-6-10-16-15)8-9-14(18)19/h6-10,12H,4-5,11H2,1-3H3,(H,18,19)/b9-8+. The first kappa shape index (κ1) is 15.2. The van der Waals surface area contributed by atoms with Crippen LogP contribution in [-0.4, -0.2) is 29.1 Å².